The molecule has 0 saturated carbocycles. The Balaban J connectivity index is 2.74. The lowest BCUT2D eigenvalue weighted by atomic mass is 9.87. The number of aliphatic hydroxyl groups is 1. The van der Waals surface area contributed by atoms with Gasteiger partial charge < -0.3 is 9.84 Å². The molecular weight excluding hydrogens is 264 g/mol. The predicted octanol–water partition coefficient (Wildman–Crippen LogP) is 3.98. The Labute approximate surface area is 126 Å². The monoisotopic (exact) mass is 288 g/mol. The fourth-order valence-corrected chi connectivity index (χ4v) is 2.87. The number of benzene rings is 1. The zero-order valence-electron chi connectivity index (χ0n) is 13.5. The van der Waals surface area contributed by atoms with Gasteiger partial charge in [-0.15, -0.1) is 0 Å². The summed E-state index contributed by atoms with van der Waals surface area (Å²) < 4.78 is 5.32. The van der Waals surface area contributed by atoms with Gasteiger partial charge in [0, 0.05) is 0 Å². The van der Waals surface area contributed by atoms with Crippen LogP contribution in [0.1, 0.15) is 56.9 Å². The Bertz CT molecular complexity index is 584. The highest BCUT2D eigenvalue weighted by Crippen LogP contribution is 2.39. The predicted molar refractivity (Wildman–Crippen MR) is 84.3 cm³/mol. The van der Waals surface area contributed by atoms with Crippen LogP contribution in [0.25, 0.3) is 5.57 Å². The van der Waals surface area contributed by atoms with E-state index in [4.69, 9.17) is 4.74 Å². The SMILES string of the molecule is CCc1cc(CC)c(C2=C(O)C(C)(C)OC2=O)c(CC)c1. The zero-order valence-corrected chi connectivity index (χ0v) is 13.5. The molecule has 2 rings (SSSR count). The number of rotatable bonds is 4. The van der Waals surface area contributed by atoms with Crippen molar-refractivity contribution in [1.82, 2.24) is 0 Å². The molecule has 0 spiro atoms. The molecule has 0 bridgehead atoms. The van der Waals surface area contributed by atoms with Crippen LogP contribution in [-0.4, -0.2) is 16.7 Å². The van der Waals surface area contributed by atoms with Crippen LogP contribution in [-0.2, 0) is 28.8 Å². The summed E-state index contributed by atoms with van der Waals surface area (Å²) in [6.07, 6.45) is 2.60. The van der Waals surface area contributed by atoms with Crippen molar-refractivity contribution in [3.63, 3.8) is 0 Å². The first-order valence-electron chi connectivity index (χ1n) is 7.67. The maximum absolute atomic E-state index is 12.3. The summed E-state index contributed by atoms with van der Waals surface area (Å²) in [4.78, 5) is 12.3. The van der Waals surface area contributed by atoms with Crippen LogP contribution in [0.5, 0.6) is 0 Å². The van der Waals surface area contributed by atoms with Gasteiger partial charge in [-0.3, -0.25) is 0 Å². The average molecular weight is 288 g/mol. The van der Waals surface area contributed by atoms with Crippen molar-refractivity contribution in [1.29, 1.82) is 0 Å². The van der Waals surface area contributed by atoms with Gasteiger partial charge in [0.1, 0.15) is 5.57 Å². The second-order valence-corrected chi connectivity index (χ2v) is 5.97. The first-order chi connectivity index (χ1) is 9.85. The Morgan fingerprint density at radius 2 is 1.57 bits per heavy atom. The molecule has 0 atom stereocenters. The minimum Gasteiger partial charge on any atom is -0.507 e. The molecule has 0 radical (unpaired) electrons. The van der Waals surface area contributed by atoms with E-state index in [2.05, 4.69) is 32.9 Å². The van der Waals surface area contributed by atoms with E-state index >= 15 is 0 Å². The first-order valence-corrected chi connectivity index (χ1v) is 7.67. The molecule has 3 nitrogen and oxygen atoms in total. The van der Waals surface area contributed by atoms with E-state index in [1.165, 1.54) is 5.56 Å². The van der Waals surface area contributed by atoms with E-state index in [1.54, 1.807) is 13.8 Å². The summed E-state index contributed by atoms with van der Waals surface area (Å²) in [5, 5.41) is 10.4. The van der Waals surface area contributed by atoms with Crippen molar-refractivity contribution in [2.24, 2.45) is 0 Å². The lowest BCUT2D eigenvalue weighted by molar-refractivity contribution is -0.143. The molecule has 0 saturated heterocycles. The molecule has 0 aliphatic carbocycles. The van der Waals surface area contributed by atoms with Crippen molar-refractivity contribution in [2.75, 3.05) is 0 Å². The van der Waals surface area contributed by atoms with E-state index in [0.29, 0.717) is 5.57 Å². The minimum atomic E-state index is -0.939. The molecule has 1 heterocycles. The zero-order chi connectivity index (χ0) is 15.8. The number of aryl methyl sites for hydroxylation is 3. The topological polar surface area (TPSA) is 46.5 Å². The van der Waals surface area contributed by atoms with Gasteiger partial charge in [-0.1, -0.05) is 32.9 Å². The maximum Gasteiger partial charge on any atom is 0.343 e. The molecule has 0 unspecified atom stereocenters. The molecule has 1 aromatic rings. The third kappa shape index (κ3) is 2.57. The van der Waals surface area contributed by atoms with E-state index in [-0.39, 0.29) is 5.76 Å². The van der Waals surface area contributed by atoms with Crippen LogP contribution in [0.15, 0.2) is 17.9 Å². The normalized spacial score (nSPS) is 17.3. The largest absolute Gasteiger partial charge is 0.507 e. The summed E-state index contributed by atoms with van der Waals surface area (Å²) in [6.45, 7) is 9.69. The average Bonchev–Trinajstić information content (AvgIpc) is 2.65. The molecule has 1 aromatic carbocycles. The van der Waals surface area contributed by atoms with E-state index < -0.39 is 11.6 Å². The number of carbonyl (C=O) groups is 1. The highest BCUT2D eigenvalue weighted by Gasteiger charge is 2.42. The van der Waals surface area contributed by atoms with Gasteiger partial charge in [0.2, 0.25) is 0 Å². The van der Waals surface area contributed by atoms with Gasteiger partial charge in [-0.05, 0) is 55.4 Å². The smallest absolute Gasteiger partial charge is 0.343 e. The molecule has 1 aliphatic heterocycles. The van der Waals surface area contributed by atoms with Gasteiger partial charge in [-0.25, -0.2) is 4.79 Å². The van der Waals surface area contributed by atoms with Gasteiger partial charge in [-0.2, -0.15) is 0 Å². The standard InChI is InChI=1S/C18H24O3/c1-6-11-9-12(7-2)14(13(8-3)10-11)15-16(19)18(4,5)21-17(15)20/h9-10,19H,6-8H2,1-5H3. The van der Waals surface area contributed by atoms with Crippen LogP contribution in [0.2, 0.25) is 0 Å². The molecule has 0 amide bonds. The molecule has 21 heavy (non-hydrogen) atoms. The molecule has 0 fully saturated rings. The number of ether oxygens (including phenoxy) is 1. The molecule has 1 aliphatic rings. The Kier molecular flexibility index (Phi) is 4.13. The lowest BCUT2D eigenvalue weighted by Crippen LogP contribution is -2.22. The third-order valence-corrected chi connectivity index (χ3v) is 4.14. The van der Waals surface area contributed by atoms with Crippen molar-refractivity contribution >= 4 is 11.5 Å². The molecule has 0 aromatic heterocycles. The lowest BCUT2D eigenvalue weighted by Gasteiger charge is -2.16. The molecule has 1 N–H and O–H groups in total. The number of hydrogen-bond acceptors (Lipinski definition) is 3. The van der Waals surface area contributed by atoms with E-state index in [0.717, 1.165) is 36.0 Å². The quantitative estimate of drug-likeness (QED) is 0.852. The maximum atomic E-state index is 12.3. The van der Waals surface area contributed by atoms with Crippen molar-refractivity contribution in [3.8, 4) is 0 Å². The van der Waals surface area contributed by atoms with E-state index in [1.807, 2.05) is 0 Å². The van der Waals surface area contributed by atoms with Gasteiger partial charge in [0.15, 0.2) is 11.4 Å². The molecule has 114 valence electrons. The number of cyclic esters (lactones) is 1. The van der Waals surface area contributed by atoms with Crippen LogP contribution in [0.3, 0.4) is 0 Å². The van der Waals surface area contributed by atoms with Gasteiger partial charge >= 0.3 is 5.97 Å². The minimum absolute atomic E-state index is 0.0427. The van der Waals surface area contributed by atoms with Crippen molar-refractivity contribution < 1.29 is 14.6 Å². The van der Waals surface area contributed by atoms with Crippen LogP contribution >= 0.6 is 0 Å². The Hall–Kier alpha value is -1.77. The van der Waals surface area contributed by atoms with E-state index in [9.17, 15) is 9.90 Å². The van der Waals surface area contributed by atoms with Crippen LogP contribution < -0.4 is 0 Å². The highest BCUT2D eigenvalue weighted by atomic mass is 16.6. The second kappa shape index (κ2) is 5.55. The van der Waals surface area contributed by atoms with Crippen LogP contribution in [0.4, 0.5) is 0 Å². The fraction of sp³-hybridized carbons (Fsp3) is 0.500. The Morgan fingerprint density at radius 1 is 1.05 bits per heavy atom. The molecule has 3 heteroatoms. The summed E-state index contributed by atoms with van der Waals surface area (Å²) in [5.41, 5.74) is 3.73. The number of carbonyl (C=O) groups excluding carboxylic acids is 1. The summed E-state index contributed by atoms with van der Waals surface area (Å²) in [6, 6.07) is 4.26. The van der Waals surface area contributed by atoms with Gasteiger partial charge in [0.25, 0.3) is 0 Å². The molecular formula is C18H24O3. The van der Waals surface area contributed by atoms with Crippen molar-refractivity contribution in [3.05, 3.63) is 40.1 Å². The third-order valence-electron chi connectivity index (χ3n) is 4.14. The fourth-order valence-electron chi connectivity index (χ4n) is 2.87. The number of aliphatic hydroxyl groups excluding tert-OH is 1. The van der Waals surface area contributed by atoms with Gasteiger partial charge in [0.05, 0.1) is 0 Å². The second-order valence-electron chi connectivity index (χ2n) is 5.97. The highest BCUT2D eigenvalue weighted by molar-refractivity contribution is 6.20. The number of esters is 1. The Morgan fingerprint density at radius 3 is 1.90 bits per heavy atom. The summed E-state index contributed by atoms with van der Waals surface area (Å²) in [5.74, 6) is -0.382. The number of hydrogen-bond donors (Lipinski definition) is 1. The van der Waals surface area contributed by atoms with Crippen LogP contribution in [0, 0.1) is 0 Å². The first kappa shape index (κ1) is 15.6. The van der Waals surface area contributed by atoms with Crippen molar-refractivity contribution in [2.45, 2.75) is 59.5 Å². The summed E-state index contributed by atoms with van der Waals surface area (Å²) >= 11 is 0. The summed E-state index contributed by atoms with van der Waals surface area (Å²) in [7, 11) is 0.